The van der Waals surface area contributed by atoms with Gasteiger partial charge in [-0.05, 0) is 46.2 Å². The van der Waals surface area contributed by atoms with E-state index in [1.54, 1.807) is 0 Å². The van der Waals surface area contributed by atoms with Crippen LogP contribution in [-0.2, 0) is 9.53 Å². The number of piperidine rings is 1. The maximum absolute atomic E-state index is 11.9. The lowest BCUT2D eigenvalue weighted by Crippen LogP contribution is -2.50. The third kappa shape index (κ3) is 4.94. The Morgan fingerprint density at radius 3 is 2.83 bits per heavy atom. The summed E-state index contributed by atoms with van der Waals surface area (Å²) < 4.78 is 5.15. The van der Waals surface area contributed by atoms with Crippen molar-refractivity contribution in [1.29, 1.82) is 0 Å². The Labute approximate surface area is 111 Å². The second-order valence-corrected chi connectivity index (χ2v) is 5.10. The molecule has 1 aliphatic rings. The van der Waals surface area contributed by atoms with Gasteiger partial charge in [0.1, 0.15) is 6.04 Å². The molecule has 0 spiro atoms. The fourth-order valence-corrected chi connectivity index (χ4v) is 2.45. The Balaban J connectivity index is 2.50. The number of ether oxygens (including phenoxy) is 1. The molecule has 1 heterocycles. The first kappa shape index (κ1) is 15.4. The highest BCUT2D eigenvalue weighted by Crippen LogP contribution is 2.16. The number of carbonyl (C=O) groups is 1. The van der Waals surface area contributed by atoms with Gasteiger partial charge in [0, 0.05) is 12.6 Å². The monoisotopic (exact) mass is 256 g/mol. The summed E-state index contributed by atoms with van der Waals surface area (Å²) in [5.74, 6) is -0.108. The van der Waals surface area contributed by atoms with E-state index in [9.17, 15) is 4.79 Å². The molecular formula is C14H28N2O2. The van der Waals surface area contributed by atoms with Crippen molar-refractivity contribution in [2.45, 2.75) is 58.5 Å². The van der Waals surface area contributed by atoms with E-state index in [1.165, 1.54) is 19.3 Å². The van der Waals surface area contributed by atoms with Crippen LogP contribution in [0, 0.1) is 0 Å². The zero-order chi connectivity index (χ0) is 13.4. The minimum atomic E-state index is -0.176. The van der Waals surface area contributed by atoms with Crippen LogP contribution in [-0.4, -0.2) is 49.2 Å². The van der Waals surface area contributed by atoms with Gasteiger partial charge in [0.05, 0.1) is 6.61 Å². The van der Waals surface area contributed by atoms with Crippen molar-refractivity contribution in [2.24, 2.45) is 0 Å². The summed E-state index contributed by atoms with van der Waals surface area (Å²) in [6.07, 6.45) is 4.83. The number of carbonyl (C=O) groups excluding carboxylic acids is 1. The first-order valence-corrected chi connectivity index (χ1v) is 7.33. The van der Waals surface area contributed by atoms with E-state index in [4.69, 9.17) is 4.74 Å². The Kier molecular flexibility index (Phi) is 7.28. The summed E-state index contributed by atoms with van der Waals surface area (Å²) in [5, 5.41) is 3.31. The van der Waals surface area contributed by atoms with Gasteiger partial charge < -0.3 is 10.1 Å². The van der Waals surface area contributed by atoms with Crippen molar-refractivity contribution in [3.8, 4) is 0 Å². The average Bonchev–Trinajstić information content (AvgIpc) is 2.36. The Bertz CT molecular complexity index is 246. The van der Waals surface area contributed by atoms with Gasteiger partial charge in [-0.1, -0.05) is 13.3 Å². The number of hydrogen-bond donors (Lipinski definition) is 1. The summed E-state index contributed by atoms with van der Waals surface area (Å²) in [7, 11) is 0. The Morgan fingerprint density at radius 2 is 2.22 bits per heavy atom. The molecule has 1 fully saturated rings. The Hall–Kier alpha value is -0.610. The molecule has 4 nitrogen and oxygen atoms in total. The quantitative estimate of drug-likeness (QED) is 0.705. The summed E-state index contributed by atoms with van der Waals surface area (Å²) in [6, 6.07) is 0.407. The zero-order valence-corrected chi connectivity index (χ0v) is 12.1. The number of likely N-dealkylation sites (tertiary alicyclic amines) is 1. The SMILES string of the molecule is CCCNC(CN1CCCCC1C)C(=O)OCC. The maximum Gasteiger partial charge on any atom is 0.324 e. The van der Waals surface area contributed by atoms with Crippen LogP contribution in [0.1, 0.15) is 46.5 Å². The second kappa shape index (κ2) is 8.48. The number of esters is 1. The minimum Gasteiger partial charge on any atom is -0.465 e. The second-order valence-electron chi connectivity index (χ2n) is 5.10. The van der Waals surface area contributed by atoms with Crippen LogP contribution in [0.4, 0.5) is 0 Å². The molecule has 1 saturated heterocycles. The summed E-state index contributed by atoms with van der Waals surface area (Å²) >= 11 is 0. The third-order valence-corrected chi connectivity index (χ3v) is 3.57. The lowest BCUT2D eigenvalue weighted by Gasteiger charge is -2.35. The van der Waals surface area contributed by atoms with Crippen molar-refractivity contribution in [2.75, 3.05) is 26.2 Å². The van der Waals surface area contributed by atoms with Gasteiger partial charge in [0.15, 0.2) is 0 Å². The van der Waals surface area contributed by atoms with Gasteiger partial charge in [0.2, 0.25) is 0 Å². The number of nitrogens with one attached hydrogen (secondary N) is 1. The van der Waals surface area contributed by atoms with Gasteiger partial charge in [-0.2, -0.15) is 0 Å². The fraction of sp³-hybridized carbons (Fsp3) is 0.929. The molecule has 1 rings (SSSR count). The van der Waals surface area contributed by atoms with Crippen molar-refractivity contribution in [3.63, 3.8) is 0 Å². The lowest BCUT2D eigenvalue weighted by atomic mass is 10.0. The van der Waals surface area contributed by atoms with E-state index >= 15 is 0 Å². The van der Waals surface area contributed by atoms with Crippen LogP contribution in [0.25, 0.3) is 0 Å². The van der Waals surface area contributed by atoms with Gasteiger partial charge in [-0.25, -0.2) is 0 Å². The smallest absolute Gasteiger partial charge is 0.324 e. The third-order valence-electron chi connectivity index (χ3n) is 3.57. The van der Waals surface area contributed by atoms with Crippen LogP contribution < -0.4 is 5.32 Å². The number of hydrogen-bond acceptors (Lipinski definition) is 4. The van der Waals surface area contributed by atoms with Gasteiger partial charge >= 0.3 is 5.97 Å². The van der Waals surface area contributed by atoms with Crippen LogP contribution in [0.3, 0.4) is 0 Å². The van der Waals surface area contributed by atoms with E-state index in [0.29, 0.717) is 12.6 Å². The largest absolute Gasteiger partial charge is 0.465 e. The zero-order valence-electron chi connectivity index (χ0n) is 12.1. The molecule has 0 aliphatic carbocycles. The summed E-state index contributed by atoms with van der Waals surface area (Å²) in [5.41, 5.74) is 0. The number of rotatable bonds is 7. The highest BCUT2D eigenvalue weighted by atomic mass is 16.5. The fourth-order valence-electron chi connectivity index (χ4n) is 2.45. The molecule has 0 radical (unpaired) electrons. The molecule has 0 bridgehead atoms. The van der Waals surface area contributed by atoms with Crippen LogP contribution in [0.2, 0.25) is 0 Å². The van der Waals surface area contributed by atoms with E-state index in [0.717, 1.165) is 26.1 Å². The lowest BCUT2D eigenvalue weighted by molar-refractivity contribution is -0.146. The molecule has 0 aromatic heterocycles. The summed E-state index contributed by atoms with van der Waals surface area (Å²) in [6.45, 7) is 9.42. The van der Waals surface area contributed by atoms with E-state index in [-0.39, 0.29) is 12.0 Å². The van der Waals surface area contributed by atoms with Gasteiger partial charge in [-0.3, -0.25) is 9.69 Å². The predicted molar refractivity (Wildman–Crippen MR) is 73.6 cm³/mol. The van der Waals surface area contributed by atoms with Gasteiger partial charge in [-0.15, -0.1) is 0 Å². The van der Waals surface area contributed by atoms with Crippen molar-refractivity contribution >= 4 is 5.97 Å². The van der Waals surface area contributed by atoms with Crippen LogP contribution in [0.5, 0.6) is 0 Å². The molecule has 0 saturated carbocycles. The molecule has 2 atom stereocenters. The topological polar surface area (TPSA) is 41.6 Å². The molecule has 0 aromatic rings. The predicted octanol–water partition coefficient (Wildman–Crippen LogP) is 1.79. The molecular weight excluding hydrogens is 228 g/mol. The molecule has 0 amide bonds. The maximum atomic E-state index is 11.9. The normalized spacial score (nSPS) is 22.7. The molecule has 18 heavy (non-hydrogen) atoms. The summed E-state index contributed by atoms with van der Waals surface area (Å²) in [4.78, 5) is 14.3. The minimum absolute atomic E-state index is 0.108. The molecule has 1 aliphatic heterocycles. The standard InChI is InChI=1S/C14H28N2O2/c1-4-9-15-13(14(17)18-5-2)11-16-10-7-6-8-12(16)3/h12-13,15H,4-11H2,1-3H3. The van der Waals surface area contributed by atoms with Gasteiger partial charge in [0.25, 0.3) is 0 Å². The molecule has 0 aromatic carbocycles. The number of nitrogens with zero attached hydrogens (tertiary/aromatic N) is 1. The van der Waals surface area contributed by atoms with E-state index < -0.39 is 0 Å². The highest BCUT2D eigenvalue weighted by molar-refractivity contribution is 5.76. The molecule has 106 valence electrons. The van der Waals surface area contributed by atoms with Crippen LogP contribution in [0.15, 0.2) is 0 Å². The first-order valence-electron chi connectivity index (χ1n) is 7.33. The highest BCUT2D eigenvalue weighted by Gasteiger charge is 2.26. The molecule has 4 heteroatoms. The first-order chi connectivity index (χ1) is 8.69. The van der Waals surface area contributed by atoms with E-state index in [1.807, 2.05) is 6.92 Å². The van der Waals surface area contributed by atoms with Crippen molar-refractivity contribution in [1.82, 2.24) is 10.2 Å². The van der Waals surface area contributed by atoms with E-state index in [2.05, 4.69) is 24.1 Å². The average molecular weight is 256 g/mol. The van der Waals surface area contributed by atoms with Crippen molar-refractivity contribution in [3.05, 3.63) is 0 Å². The molecule has 1 N–H and O–H groups in total. The van der Waals surface area contributed by atoms with Crippen LogP contribution >= 0.6 is 0 Å². The van der Waals surface area contributed by atoms with Crippen molar-refractivity contribution < 1.29 is 9.53 Å². The molecule has 2 unspecified atom stereocenters. The Morgan fingerprint density at radius 1 is 1.44 bits per heavy atom.